The molecule has 1 aliphatic rings. The van der Waals surface area contributed by atoms with Crippen LogP contribution >= 0.6 is 0 Å². The lowest BCUT2D eigenvalue weighted by Crippen LogP contribution is -2.54. The van der Waals surface area contributed by atoms with E-state index in [0.29, 0.717) is 5.56 Å². The van der Waals surface area contributed by atoms with Gasteiger partial charge in [-0.25, -0.2) is 4.79 Å². The molecule has 4 heteroatoms. The summed E-state index contributed by atoms with van der Waals surface area (Å²) < 4.78 is 12.3. The summed E-state index contributed by atoms with van der Waals surface area (Å²) in [5, 5.41) is 10.2. The topological polar surface area (TPSA) is 55.8 Å². The summed E-state index contributed by atoms with van der Waals surface area (Å²) in [5.74, 6) is -3.02. The molecule has 0 saturated carbocycles. The smallest absolute Gasteiger partial charge is 0.369 e. The van der Waals surface area contributed by atoms with Crippen LogP contribution in [0, 0.1) is 0 Å². The van der Waals surface area contributed by atoms with Gasteiger partial charge in [0.25, 0.3) is 5.79 Å². The predicted octanol–water partition coefficient (Wildman–Crippen LogP) is 5.62. The predicted molar refractivity (Wildman–Crippen MR) is 127 cm³/mol. The van der Waals surface area contributed by atoms with E-state index >= 15 is 0 Å². The molecular weight excluding hydrogens is 412 g/mol. The summed E-state index contributed by atoms with van der Waals surface area (Å²) in [7, 11) is 0. The molecule has 0 spiro atoms. The lowest BCUT2D eigenvalue weighted by atomic mass is 9.75. The highest BCUT2D eigenvalue weighted by atomic mass is 16.7. The van der Waals surface area contributed by atoms with Gasteiger partial charge >= 0.3 is 5.97 Å². The van der Waals surface area contributed by atoms with Gasteiger partial charge in [-0.15, -0.1) is 0 Å². The maximum absolute atomic E-state index is 12.5. The van der Waals surface area contributed by atoms with Gasteiger partial charge in [0.2, 0.25) is 0 Å². The lowest BCUT2D eigenvalue weighted by Gasteiger charge is -2.45. The Balaban J connectivity index is 1.50. The molecule has 0 aliphatic carbocycles. The quantitative estimate of drug-likeness (QED) is 0.441. The SMILES string of the molecule is O=C(O)C1(c2ccc(-c3ccccc3)cc2)OCC(c2ccccc2)(c2ccccc2)CO1. The van der Waals surface area contributed by atoms with Crippen molar-refractivity contribution in [1.82, 2.24) is 0 Å². The Bertz CT molecular complexity index is 1170. The van der Waals surface area contributed by atoms with Crippen LogP contribution in [0.15, 0.2) is 115 Å². The van der Waals surface area contributed by atoms with Gasteiger partial charge in [0.15, 0.2) is 0 Å². The number of hydrogen-bond acceptors (Lipinski definition) is 3. The van der Waals surface area contributed by atoms with E-state index in [1.54, 1.807) is 12.1 Å². The third-order valence-electron chi connectivity index (χ3n) is 6.35. The second-order valence-corrected chi connectivity index (χ2v) is 8.26. The molecule has 0 bridgehead atoms. The van der Waals surface area contributed by atoms with Gasteiger partial charge in [-0.05, 0) is 22.3 Å². The highest BCUT2D eigenvalue weighted by molar-refractivity contribution is 5.78. The molecular formula is C29H24O4. The molecule has 1 aliphatic heterocycles. The highest BCUT2D eigenvalue weighted by Gasteiger charge is 2.52. The number of carboxylic acid groups (broad SMARTS) is 1. The maximum atomic E-state index is 12.5. The van der Waals surface area contributed by atoms with Crippen molar-refractivity contribution in [2.24, 2.45) is 0 Å². The van der Waals surface area contributed by atoms with Crippen LogP contribution in [0.2, 0.25) is 0 Å². The van der Waals surface area contributed by atoms with Gasteiger partial charge in [-0.2, -0.15) is 0 Å². The first-order chi connectivity index (χ1) is 16.1. The standard InChI is InChI=1S/C29H24O4/c30-27(31)29(26-18-16-23(17-19-26)22-10-4-1-5-11-22)32-20-28(21-33-29,24-12-6-2-7-13-24)25-14-8-3-9-15-25/h1-19H,20-21H2,(H,30,31). The van der Waals surface area contributed by atoms with Crippen LogP contribution < -0.4 is 0 Å². The molecule has 1 N–H and O–H groups in total. The van der Waals surface area contributed by atoms with Crippen molar-refractivity contribution in [1.29, 1.82) is 0 Å². The molecule has 0 atom stereocenters. The molecule has 1 saturated heterocycles. The monoisotopic (exact) mass is 436 g/mol. The molecule has 4 nitrogen and oxygen atoms in total. The number of rotatable bonds is 5. The minimum Gasteiger partial charge on any atom is -0.477 e. The zero-order valence-corrected chi connectivity index (χ0v) is 18.1. The fourth-order valence-electron chi connectivity index (χ4n) is 4.47. The minimum absolute atomic E-state index is 0.174. The Morgan fingerprint density at radius 1 is 0.576 bits per heavy atom. The number of hydrogen-bond donors (Lipinski definition) is 1. The van der Waals surface area contributed by atoms with Crippen molar-refractivity contribution >= 4 is 5.97 Å². The van der Waals surface area contributed by atoms with Gasteiger partial charge < -0.3 is 14.6 Å². The van der Waals surface area contributed by atoms with E-state index in [2.05, 4.69) is 0 Å². The van der Waals surface area contributed by atoms with E-state index in [-0.39, 0.29) is 13.2 Å². The number of carbonyl (C=O) groups is 1. The first-order valence-corrected chi connectivity index (χ1v) is 10.9. The van der Waals surface area contributed by atoms with Crippen LogP contribution in [-0.2, 0) is 25.5 Å². The molecule has 0 aromatic heterocycles. The lowest BCUT2D eigenvalue weighted by molar-refractivity contribution is -0.287. The highest BCUT2D eigenvalue weighted by Crippen LogP contribution is 2.43. The third kappa shape index (κ3) is 3.74. The van der Waals surface area contributed by atoms with Gasteiger partial charge in [-0.1, -0.05) is 115 Å². The number of carboxylic acids is 1. The number of aliphatic carboxylic acids is 1. The number of benzene rings is 4. The Hall–Kier alpha value is -3.73. The van der Waals surface area contributed by atoms with Gasteiger partial charge in [-0.3, -0.25) is 0 Å². The van der Waals surface area contributed by atoms with Gasteiger partial charge in [0.1, 0.15) is 0 Å². The van der Waals surface area contributed by atoms with Crippen molar-refractivity contribution in [3.8, 4) is 11.1 Å². The fourth-order valence-corrected chi connectivity index (χ4v) is 4.47. The maximum Gasteiger partial charge on any atom is 0.369 e. The molecule has 1 heterocycles. The van der Waals surface area contributed by atoms with Crippen LogP contribution in [0.3, 0.4) is 0 Å². The largest absolute Gasteiger partial charge is 0.477 e. The molecule has 0 unspecified atom stereocenters. The summed E-state index contributed by atoms with van der Waals surface area (Å²) in [6.07, 6.45) is 0. The van der Waals surface area contributed by atoms with E-state index in [0.717, 1.165) is 22.3 Å². The second-order valence-electron chi connectivity index (χ2n) is 8.26. The Morgan fingerprint density at radius 2 is 1.00 bits per heavy atom. The molecule has 4 aromatic rings. The Morgan fingerprint density at radius 3 is 1.45 bits per heavy atom. The summed E-state index contributed by atoms with van der Waals surface area (Å²) in [4.78, 5) is 12.5. The van der Waals surface area contributed by atoms with Crippen LogP contribution in [0.5, 0.6) is 0 Å². The molecule has 164 valence electrons. The summed E-state index contributed by atoms with van der Waals surface area (Å²) in [5.41, 5.74) is 3.96. The van der Waals surface area contributed by atoms with Crippen LogP contribution in [0.1, 0.15) is 16.7 Å². The van der Waals surface area contributed by atoms with Crippen molar-refractivity contribution in [3.63, 3.8) is 0 Å². The first-order valence-electron chi connectivity index (χ1n) is 10.9. The Labute approximate surface area is 193 Å². The van der Waals surface area contributed by atoms with Crippen LogP contribution in [0.25, 0.3) is 11.1 Å². The zero-order chi connectivity index (χ0) is 22.7. The van der Waals surface area contributed by atoms with E-state index in [4.69, 9.17) is 9.47 Å². The average molecular weight is 437 g/mol. The molecule has 1 fully saturated rings. The second kappa shape index (κ2) is 8.66. The molecule has 5 rings (SSSR count). The van der Waals surface area contributed by atoms with Gasteiger partial charge in [0, 0.05) is 5.56 Å². The van der Waals surface area contributed by atoms with E-state index in [1.165, 1.54) is 0 Å². The van der Waals surface area contributed by atoms with E-state index < -0.39 is 17.2 Å². The van der Waals surface area contributed by atoms with Crippen LogP contribution in [0.4, 0.5) is 0 Å². The summed E-state index contributed by atoms with van der Waals surface area (Å²) in [6.45, 7) is 0.349. The van der Waals surface area contributed by atoms with Crippen molar-refractivity contribution in [2.75, 3.05) is 13.2 Å². The van der Waals surface area contributed by atoms with Crippen LogP contribution in [-0.4, -0.2) is 24.3 Å². The molecule has 0 amide bonds. The average Bonchev–Trinajstić information content (AvgIpc) is 2.90. The Kier molecular flexibility index (Phi) is 5.55. The summed E-state index contributed by atoms with van der Waals surface area (Å²) in [6, 6.07) is 37.2. The molecule has 4 aromatic carbocycles. The zero-order valence-electron chi connectivity index (χ0n) is 18.1. The number of ether oxygens (including phenoxy) is 2. The van der Waals surface area contributed by atoms with Crippen molar-refractivity contribution < 1.29 is 19.4 Å². The van der Waals surface area contributed by atoms with E-state index in [9.17, 15) is 9.90 Å². The first kappa shape index (κ1) is 21.1. The fraction of sp³-hybridized carbons (Fsp3) is 0.138. The minimum atomic E-state index is -1.86. The van der Waals surface area contributed by atoms with Crippen molar-refractivity contribution in [3.05, 3.63) is 132 Å². The van der Waals surface area contributed by atoms with Crippen molar-refractivity contribution in [2.45, 2.75) is 11.2 Å². The molecule has 33 heavy (non-hydrogen) atoms. The van der Waals surface area contributed by atoms with E-state index in [1.807, 2.05) is 103 Å². The normalized spacial score (nSPS) is 16.7. The van der Waals surface area contributed by atoms with Gasteiger partial charge in [0.05, 0.1) is 18.6 Å². The molecule has 0 radical (unpaired) electrons. The third-order valence-corrected chi connectivity index (χ3v) is 6.35. The summed E-state index contributed by atoms with van der Waals surface area (Å²) >= 11 is 0.